The second-order valence-corrected chi connectivity index (χ2v) is 13.4. The molecule has 2 unspecified atom stereocenters. The summed E-state index contributed by atoms with van der Waals surface area (Å²) in [7, 11) is -1.83. The van der Waals surface area contributed by atoms with Crippen LogP contribution in [0, 0.1) is 5.92 Å². The lowest BCUT2D eigenvalue weighted by Crippen LogP contribution is -2.47. The molecule has 0 amide bonds. The highest BCUT2D eigenvalue weighted by atomic mass is 28.4. The summed E-state index contributed by atoms with van der Waals surface area (Å²) in [5, 5.41) is 0.208. The van der Waals surface area contributed by atoms with E-state index in [0.29, 0.717) is 19.1 Å². The molecule has 0 spiro atoms. The standard InChI is InChI=1S/C20H40O3Si/c1-9-21-17(3)22-15-16(2)19(18-13-11-10-12-14-18)23-24(7,8)20(4,5)6/h17-19H,2,9-15H2,1,3-8H3. The van der Waals surface area contributed by atoms with E-state index in [-0.39, 0.29) is 17.4 Å². The summed E-state index contributed by atoms with van der Waals surface area (Å²) >= 11 is 0. The second kappa shape index (κ2) is 9.51. The summed E-state index contributed by atoms with van der Waals surface area (Å²) in [6, 6.07) is 0. The molecule has 24 heavy (non-hydrogen) atoms. The Labute approximate surface area is 151 Å². The first-order valence-corrected chi connectivity index (χ1v) is 12.6. The Morgan fingerprint density at radius 1 is 1.12 bits per heavy atom. The Morgan fingerprint density at radius 2 is 1.71 bits per heavy atom. The highest BCUT2D eigenvalue weighted by Crippen LogP contribution is 2.41. The molecular formula is C20H40O3Si. The molecular weight excluding hydrogens is 316 g/mol. The number of ether oxygens (including phenoxy) is 2. The minimum Gasteiger partial charge on any atom is -0.410 e. The van der Waals surface area contributed by atoms with Crippen LogP contribution in [0.1, 0.15) is 66.7 Å². The second-order valence-electron chi connectivity index (χ2n) is 8.69. The Hall–Kier alpha value is -0.163. The molecule has 1 aliphatic carbocycles. The first-order chi connectivity index (χ1) is 11.1. The van der Waals surface area contributed by atoms with Crippen LogP contribution in [-0.4, -0.2) is 33.9 Å². The molecule has 2 atom stereocenters. The lowest BCUT2D eigenvalue weighted by molar-refractivity contribution is -0.122. The lowest BCUT2D eigenvalue weighted by Gasteiger charge is -2.43. The van der Waals surface area contributed by atoms with Crippen molar-refractivity contribution >= 4 is 8.32 Å². The van der Waals surface area contributed by atoms with Gasteiger partial charge in [-0.2, -0.15) is 0 Å². The predicted molar refractivity (Wildman–Crippen MR) is 105 cm³/mol. The summed E-state index contributed by atoms with van der Waals surface area (Å²) in [4.78, 5) is 0. The fourth-order valence-corrected chi connectivity index (χ4v) is 4.38. The fourth-order valence-electron chi connectivity index (χ4n) is 3.03. The summed E-state index contributed by atoms with van der Waals surface area (Å²) in [5.74, 6) is 0.589. The largest absolute Gasteiger partial charge is 0.410 e. The van der Waals surface area contributed by atoms with Crippen LogP contribution in [-0.2, 0) is 13.9 Å². The van der Waals surface area contributed by atoms with E-state index in [1.165, 1.54) is 32.1 Å². The maximum absolute atomic E-state index is 6.81. The van der Waals surface area contributed by atoms with Gasteiger partial charge in [0.2, 0.25) is 0 Å². The van der Waals surface area contributed by atoms with Gasteiger partial charge < -0.3 is 13.9 Å². The van der Waals surface area contributed by atoms with Crippen molar-refractivity contribution in [2.45, 2.75) is 97.2 Å². The maximum atomic E-state index is 6.81. The van der Waals surface area contributed by atoms with Crippen molar-refractivity contribution in [2.75, 3.05) is 13.2 Å². The van der Waals surface area contributed by atoms with Crippen LogP contribution < -0.4 is 0 Å². The van der Waals surface area contributed by atoms with Gasteiger partial charge in [0.25, 0.3) is 0 Å². The first kappa shape index (κ1) is 21.9. The van der Waals surface area contributed by atoms with Gasteiger partial charge in [0.1, 0.15) is 0 Å². The maximum Gasteiger partial charge on any atom is 0.192 e. The monoisotopic (exact) mass is 356 g/mol. The molecule has 1 saturated carbocycles. The molecule has 0 aromatic carbocycles. The van der Waals surface area contributed by atoms with Crippen LogP contribution in [0.2, 0.25) is 18.1 Å². The van der Waals surface area contributed by atoms with Gasteiger partial charge in [-0.3, -0.25) is 0 Å². The van der Waals surface area contributed by atoms with Gasteiger partial charge in [-0.15, -0.1) is 0 Å². The molecule has 1 fully saturated rings. The zero-order valence-electron chi connectivity index (χ0n) is 17.1. The minimum atomic E-state index is -1.83. The van der Waals surface area contributed by atoms with Crippen molar-refractivity contribution in [3.8, 4) is 0 Å². The van der Waals surface area contributed by atoms with E-state index < -0.39 is 8.32 Å². The van der Waals surface area contributed by atoms with Crippen LogP contribution in [0.25, 0.3) is 0 Å². The van der Waals surface area contributed by atoms with Crippen LogP contribution in [0.3, 0.4) is 0 Å². The molecule has 0 radical (unpaired) electrons. The molecule has 1 aliphatic rings. The topological polar surface area (TPSA) is 27.7 Å². The summed E-state index contributed by atoms with van der Waals surface area (Å²) in [6.45, 7) is 21.0. The molecule has 0 heterocycles. The van der Waals surface area contributed by atoms with Crippen molar-refractivity contribution in [1.82, 2.24) is 0 Å². The van der Waals surface area contributed by atoms with E-state index in [0.717, 1.165) is 5.57 Å². The smallest absolute Gasteiger partial charge is 0.192 e. The Balaban J connectivity index is 2.79. The SMILES string of the molecule is C=C(COC(C)OCC)C(O[Si](C)(C)C(C)(C)C)C1CCCCC1. The average Bonchev–Trinajstić information content (AvgIpc) is 2.50. The molecule has 4 heteroatoms. The molecule has 142 valence electrons. The first-order valence-electron chi connectivity index (χ1n) is 9.67. The average molecular weight is 357 g/mol. The third-order valence-electron chi connectivity index (χ3n) is 5.61. The van der Waals surface area contributed by atoms with Gasteiger partial charge in [-0.25, -0.2) is 0 Å². The molecule has 0 aliphatic heterocycles. The van der Waals surface area contributed by atoms with Crippen molar-refractivity contribution in [2.24, 2.45) is 5.92 Å². The fraction of sp³-hybridized carbons (Fsp3) is 0.900. The van der Waals surface area contributed by atoms with E-state index in [2.05, 4.69) is 40.4 Å². The van der Waals surface area contributed by atoms with E-state index >= 15 is 0 Å². The molecule has 0 aromatic heterocycles. The van der Waals surface area contributed by atoms with Crippen molar-refractivity contribution in [3.63, 3.8) is 0 Å². The van der Waals surface area contributed by atoms with Crippen LogP contribution >= 0.6 is 0 Å². The Morgan fingerprint density at radius 3 is 2.21 bits per heavy atom. The molecule has 3 nitrogen and oxygen atoms in total. The Kier molecular flexibility index (Phi) is 8.67. The normalized spacial score (nSPS) is 20.0. The van der Waals surface area contributed by atoms with Gasteiger partial charge >= 0.3 is 0 Å². The highest BCUT2D eigenvalue weighted by molar-refractivity contribution is 6.74. The lowest BCUT2D eigenvalue weighted by atomic mass is 9.83. The number of hydrogen-bond donors (Lipinski definition) is 0. The zero-order chi connectivity index (χ0) is 18.4. The number of hydrogen-bond acceptors (Lipinski definition) is 3. The quantitative estimate of drug-likeness (QED) is 0.292. The van der Waals surface area contributed by atoms with E-state index in [9.17, 15) is 0 Å². The van der Waals surface area contributed by atoms with Gasteiger partial charge in [0.15, 0.2) is 14.6 Å². The van der Waals surface area contributed by atoms with E-state index in [1.807, 2.05) is 13.8 Å². The van der Waals surface area contributed by atoms with Crippen LogP contribution in [0.15, 0.2) is 12.2 Å². The third kappa shape index (κ3) is 6.62. The predicted octanol–water partition coefficient (Wildman–Crippen LogP) is 5.91. The Bertz CT molecular complexity index is 381. The van der Waals surface area contributed by atoms with Crippen LogP contribution in [0.5, 0.6) is 0 Å². The third-order valence-corrected chi connectivity index (χ3v) is 10.1. The number of rotatable bonds is 9. The minimum absolute atomic E-state index is 0.125. The molecule has 0 N–H and O–H groups in total. The molecule has 1 rings (SSSR count). The summed E-state index contributed by atoms with van der Waals surface area (Å²) < 4.78 is 18.1. The van der Waals surface area contributed by atoms with Gasteiger partial charge in [0.05, 0.1) is 12.7 Å². The molecule has 0 saturated heterocycles. The highest BCUT2D eigenvalue weighted by Gasteiger charge is 2.41. The van der Waals surface area contributed by atoms with Gasteiger partial charge in [-0.05, 0) is 56.3 Å². The van der Waals surface area contributed by atoms with E-state index in [4.69, 9.17) is 13.9 Å². The molecule has 0 bridgehead atoms. The summed E-state index contributed by atoms with van der Waals surface area (Å²) in [6.07, 6.45) is 6.41. The zero-order valence-corrected chi connectivity index (χ0v) is 18.1. The van der Waals surface area contributed by atoms with Crippen LogP contribution in [0.4, 0.5) is 0 Å². The van der Waals surface area contributed by atoms with Crippen molar-refractivity contribution in [1.29, 1.82) is 0 Å². The summed E-state index contributed by atoms with van der Waals surface area (Å²) in [5.41, 5.74) is 1.08. The van der Waals surface area contributed by atoms with Gasteiger partial charge in [0, 0.05) is 6.61 Å². The van der Waals surface area contributed by atoms with E-state index in [1.54, 1.807) is 0 Å². The van der Waals surface area contributed by atoms with Crippen molar-refractivity contribution < 1.29 is 13.9 Å². The molecule has 0 aromatic rings. The van der Waals surface area contributed by atoms with Gasteiger partial charge in [-0.1, -0.05) is 46.6 Å². The van der Waals surface area contributed by atoms with Crippen molar-refractivity contribution in [3.05, 3.63) is 12.2 Å².